The van der Waals surface area contributed by atoms with Gasteiger partial charge in [-0.1, -0.05) is 103 Å². The van der Waals surface area contributed by atoms with Crippen molar-refractivity contribution in [1.82, 2.24) is 13.7 Å². The van der Waals surface area contributed by atoms with Crippen molar-refractivity contribution in [1.29, 1.82) is 0 Å². The van der Waals surface area contributed by atoms with E-state index in [1.54, 1.807) is 0 Å². The minimum absolute atomic E-state index is 1.02. The van der Waals surface area contributed by atoms with E-state index in [1.807, 2.05) is 0 Å². The maximum atomic E-state index is 2.52. The van der Waals surface area contributed by atoms with Crippen LogP contribution in [0.2, 0.25) is 0 Å². The molecular weight excluding hydrogens is 546 g/mol. The summed E-state index contributed by atoms with van der Waals surface area (Å²) in [5, 5.41) is 6.39. The van der Waals surface area contributed by atoms with Crippen molar-refractivity contribution < 1.29 is 0 Å². The number of rotatable bonds is 3. The lowest BCUT2D eigenvalue weighted by Crippen LogP contribution is -2.06. The Bertz CT molecular complexity index is 2420. The molecule has 0 aliphatic heterocycles. The fourth-order valence-corrected chi connectivity index (χ4v) is 7.83. The zero-order valence-corrected chi connectivity index (χ0v) is 24.7. The Labute approximate surface area is 260 Å². The maximum absolute atomic E-state index is 2.52. The van der Waals surface area contributed by atoms with Crippen LogP contribution >= 0.6 is 0 Å². The SMILES string of the molecule is C1=Cc2c(n(-c3cc(-n4c5ccccc5c5ccccc54)cc(-n4c5ccccc5c5ccccc54)c3)c3ccccc23)CC1. The lowest BCUT2D eigenvalue weighted by atomic mass is 10.0. The Morgan fingerprint density at radius 1 is 0.378 bits per heavy atom. The monoisotopic (exact) mass is 575 g/mol. The first-order valence-electron chi connectivity index (χ1n) is 15.8. The van der Waals surface area contributed by atoms with Crippen molar-refractivity contribution in [3.63, 3.8) is 0 Å². The van der Waals surface area contributed by atoms with Crippen LogP contribution in [-0.4, -0.2) is 13.7 Å². The minimum atomic E-state index is 1.02. The molecule has 3 heterocycles. The van der Waals surface area contributed by atoms with Gasteiger partial charge in [0.2, 0.25) is 0 Å². The number of benzene rings is 6. The number of aromatic nitrogens is 3. The van der Waals surface area contributed by atoms with Crippen LogP contribution < -0.4 is 0 Å². The van der Waals surface area contributed by atoms with E-state index in [9.17, 15) is 0 Å². The summed E-state index contributed by atoms with van der Waals surface area (Å²) in [7, 11) is 0. The second-order valence-corrected chi connectivity index (χ2v) is 12.1. The quantitative estimate of drug-likeness (QED) is 0.199. The van der Waals surface area contributed by atoms with E-state index in [2.05, 4.69) is 165 Å². The predicted octanol–water partition coefficient (Wildman–Crippen LogP) is 10.8. The number of allylic oxidation sites excluding steroid dienone is 1. The van der Waals surface area contributed by atoms with Gasteiger partial charge in [-0.2, -0.15) is 0 Å². The Hall–Kier alpha value is -5.80. The van der Waals surface area contributed by atoms with E-state index in [-0.39, 0.29) is 0 Å². The van der Waals surface area contributed by atoms with Gasteiger partial charge in [-0.25, -0.2) is 0 Å². The summed E-state index contributed by atoms with van der Waals surface area (Å²) >= 11 is 0. The molecule has 9 aromatic rings. The van der Waals surface area contributed by atoms with Gasteiger partial charge in [0.25, 0.3) is 0 Å². The van der Waals surface area contributed by atoms with Gasteiger partial charge in [0.05, 0.1) is 44.6 Å². The molecule has 0 saturated carbocycles. The number of para-hydroxylation sites is 5. The molecule has 0 unspecified atom stereocenters. The Morgan fingerprint density at radius 3 is 1.18 bits per heavy atom. The van der Waals surface area contributed by atoms with E-state index in [0.29, 0.717) is 0 Å². The minimum Gasteiger partial charge on any atom is -0.313 e. The third-order valence-electron chi connectivity index (χ3n) is 9.67. The zero-order valence-electron chi connectivity index (χ0n) is 24.7. The fourth-order valence-electron chi connectivity index (χ4n) is 7.83. The molecule has 45 heavy (non-hydrogen) atoms. The van der Waals surface area contributed by atoms with Gasteiger partial charge in [0.15, 0.2) is 0 Å². The van der Waals surface area contributed by atoms with E-state index >= 15 is 0 Å². The molecule has 0 amide bonds. The van der Waals surface area contributed by atoms with E-state index in [0.717, 1.165) is 24.2 Å². The van der Waals surface area contributed by atoms with Crippen LogP contribution in [-0.2, 0) is 6.42 Å². The first-order chi connectivity index (χ1) is 22.3. The largest absolute Gasteiger partial charge is 0.313 e. The average Bonchev–Trinajstić information content (AvgIpc) is 3.74. The molecule has 0 atom stereocenters. The maximum Gasteiger partial charge on any atom is 0.0541 e. The van der Waals surface area contributed by atoms with Crippen molar-refractivity contribution in [3.8, 4) is 17.1 Å². The molecule has 212 valence electrons. The Kier molecular flexibility index (Phi) is 5.11. The van der Waals surface area contributed by atoms with Gasteiger partial charge in [-0.15, -0.1) is 0 Å². The summed E-state index contributed by atoms with van der Waals surface area (Å²) < 4.78 is 7.41. The molecule has 0 radical (unpaired) electrons. The van der Waals surface area contributed by atoms with Gasteiger partial charge in [0, 0.05) is 38.2 Å². The number of nitrogens with zero attached hydrogens (tertiary/aromatic N) is 3. The second kappa shape index (κ2) is 9.35. The number of hydrogen-bond acceptors (Lipinski definition) is 0. The number of hydrogen-bond donors (Lipinski definition) is 0. The smallest absolute Gasteiger partial charge is 0.0541 e. The second-order valence-electron chi connectivity index (χ2n) is 12.1. The van der Waals surface area contributed by atoms with Crippen LogP contribution in [0.15, 0.2) is 146 Å². The molecular formula is C42H29N3. The molecule has 0 fully saturated rings. The summed E-state index contributed by atoms with van der Waals surface area (Å²) in [6.07, 6.45) is 6.71. The highest BCUT2D eigenvalue weighted by Gasteiger charge is 2.21. The Morgan fingerprint density at radius 2 is 0.733 bits per heavy atom. The standard InChI is InChI=1S/C42H29N3/c1-7-19-37-31(13-1)32-14-2-8-20-38(32)43(37)28-25-29(44-39-21-9-3-15-33(39)34-16-4-10-22-40(34)44)27-30(26-28)45-41-23-11-5-17-35(41)36-18-6-12-24-42(36)45/h1-11,13-23,25-27H,12,24H2. The zero-order chi connectivity index (χ0) is 29.5. The van der Waals surface area contributed by atoms with E-state index in [4.69, 9.17) is 0 Å². The van der Waals surface area contributed by atoms with Gasteiger partial charge in [0.1, 0.15) is 0 Å². The molecule has 0 bridgehead atoms. The highest BCUT2D eigenvalue weighted by Crippen LogP contribution is 2.39. The fraction of sp³-hybridized carbons (Fsp3) is 0.0476. The highest BCUT2D eigenvalue weighted by atomic mass is 15.0. The van der Waals surface area contributed by atoms with Crippen molar-refractivity contribution in [2.24, 2.45) is 0 Å². The molecule has 0 N–H and O–H groups in total. The van der Waals surface area contributed by atoms with Crippen LogP contribution in [0, 0.1) is 0 Å². The molecule has 1 aliphatic rings. The summed E-state index contributed by atoms with van der Waals surface area (Å²) in [6, 6.07) is 51.2. The van der Waals surface area contributed by atoms with Crippen LogP contribution in [0.25, 0.3) is 77.7 Å². The lowest BCUT2D eigenvalue weighted by molar-refractivity contribution is 0.886. The predicted molar refractivity (Wildman–Crippen MR) is 189 cm³/mol. The van der Waals surface area contributed by atoms with E-state index < -0.39 is 0 Å². The molecule has 3 nitrogen and oxygen atoms in total. The molecule has 3 heteroatoms. The third-order valence-corrected chi connectivity index (χ3v) is 9.67. The van der Waals surface area contributed by atoms with Crippen LogP contribution in [0.4, 0.5) is 0 Å². The van der Waals surface area contributed by atoms with Crippen LogP contribution in [0.3, 0.4) is 0 Å². The van der Waals surface area contributed by atoms with Crippen LogP contribution in [0.5, 0.6) is 0 Å². The molecule has 0 saturated heterocycles. The topological polar surface area (TPSA) is 14.8 Å². The van der Waals surface area contributed by atoms with Gasteiger partial charge in [-0.05, 0) is 61.4 Å². The van der Waals surface area contributed by atoms with Crippen molar-refractivity contribution in [2.75, 3.05) is 0 Å². The van der Waals surface area contributed by atoms with Crippen LogP contribution in [0.1, 0.15) is 17.7 Å². The molecule has 0 spiro atoms. The average molecular weight is 576 g/mol. The molecule has 10 rings (SSSR count). The first kappa shape index (κ1) is 24.6. The summed E-state index contributed by atoms with van der Waals surface area (Å²) in [5.41, 5.74) is 12.3. The molecule has 6 aromatic carbocycles. The van der Waals surface area contributed by atoms with Crippen molar-refractivity contribution in [2.45, 2.75) is 12.8 Å². The van der Waals surface area contributed by atoms with Gasteiger partial charge < -0.3 is 13.7 Å². The highest BCUT2D eigenvalue weighted by molar-refractivity contribution is 6.10. The summed E-state index contributed by atoms with van der Waals surface area (Å²) in [5.74, 6) is 0. The summed E-state index contributed by atoms with van der Waals surface area (Å²) in [6.45, 7) is 0. The van der Waals surface area contributed by atoms with Gasteiger partial charge in [-0.3, -0.25) is 0 Å². The molecule has 1 aliphatic carbocycles. The molecule has 3 aromatic heterocycles. The van der Waals surface area contributed by atoms with Gasteiger partial charge >= 0.3 is 0 Å². The number of fused-ring (bicyclic) bond motifs is 9. The first-order valence-corrected chi connectivity index (χ1v) is 15.8. The lowest BCUT2D eigenvalue weighted by Gasteiger charge is -2.19. The van der Waals surface area contributed by atoms with E-state index in [1.165, 1.54) is 71.5 Å². The third kappa shape index (κ3) is 3.46. The van der Waals surface area contributed by atoms with Crippen molar-refractivity contribution >= 4 is 60.6 Å². The normalized spacial score (nSPS) is 13.1. The summed E-state index contributed by atoms with van der Waals surface area (Å²) in [4.78, 5) is 0. The Balaban J connectivity index is 1.37. The van der Waals surface area contributed by atoms with Crippen molar-refractivity contribution in [3.05, 3.63) is 157 Å².